The average molecular weight is 274 g/mol. The van der Waals surface area contributed by atoms with Gasteiger partial charge in [-0.3, -0.25) is 4.79 Å². The lowest BCUT2D eigenvalue weighted by Gasteiger charge is -2.21. The summed E-state index contributed by atoms with van der Waals surface area (Å²) in [7, 11) is 1.57. The molecule has 1 rings (SSSR count). The van der Waals surface area contributed by atoms with E-state index < -0.39 is 5.97 Å². The number of benzene rings is 1. The molecule has 0 saturated heterocycles. The molecule has 5 nitrogen and oxygen atoms in total. The van der Waals surface area contributed by atoms with Gasteiger partial charge in [0.1, 0.15) is 0 Å². The molecule has 0 radical (unpaired) electrons. The summed E-state index contributed by atoms with van der Waals surface area (Å²) in [4.78, 5) is 25.2. The molecule has 1 N–H and O–H groups in total. The zero-order valence-corrected chi connectivity index (χ0v) is 12.1. The van der Waals surface area contributed by atoms with Crippen molar-refractivity contribution >= 4 is 11.9 Å². The summed E-state index contributed by atoms with van der Waals surface area (Å²) < 4.78 is 0. The molecule has 0 spiro atoms. The zero-order valence-electron chi connectivity index (χ0n) is 12.1. The Morgan fingerprint density at radius 1 is 1.30 bits per heavy atom. The van der Waals surface area contributed by atoms with Gasteiger partial charge >= 0.3 is 5.97 Å². The number of aromatic carboxylic acids is 1. The quantitative estimate of drug-likeness (QED) is 0.912. The van der Waals surface area contributed by atoms with Gasteiger partial charge in [-0.25, -0.2) is 4.79 Å². The topological polar surface area (TPSA) is 81.4 Å². The fourth-order valence-electron chi connectivity index (χ4n) is 2.09. The predicted molar refractivity (Wildman–Crippen MR) is 74.6 cm³/mol. The second-order valence-corrected chi connectivity index (χ2v) is 4.97. The number of amides is 1. The second-order valence-electron chi connectivity index (χ2n) is 4.97. The van der Waals surface area contributed by atoms with Gasteiger partial charge in [0.2, 0.25) is 0 Å². The molecule has 0 saturated carbocycles. The molecule has 106 valence electrons. The van der Waals surface area contributed by atoms with Crippen LogP contribution < -0.4 is 0 Å². The minimum atomic E-state index is -1.11. The molecule has 1 aromatic carbocycles. The van der Waals surface area contributed by atoms with Crippen molar-refractivity contribution in [1.29, 1.82) is 5.26 Å². The van der Waals surface area contributed by atoms with Gasteiger partial charge in [-0.15, -0.1) is 0 Å². The highest BCUT2D eigenvalue weighted by Gasteiger charge is 2.24. The van der Waals surface area contributed by atoms with Crippen LogP contribution in [0.5, 0.6) is 0 Å². The summed E-state index contributed by atoms with van der Waals surface area (Å²) in [5.74, 6) is -1.79. The van der Waals surface area contributed by atoms with Gasteiger partial charge in [0, 0.05) is 13.6 Å². The van der Waals surface area contributed by atoms with Crippen LogP contribution in [-0.4, -0.2) is 35.5 Å². The molecule has 0 aliphatic heterocycles. The number of aryl methyl sites for hydroxylation is 2. The third kappa shape index (κ3) is 3.15. The molecule has 0 aliphatic carbocycles. The standard InChI is InChI=1S/C15H18N2O3/c1-9(7-16)8-17(4)14(18)12-10(2)5-6-11(3)13(12)15(19)20/h5-6,9H,8H2,1-4H3,(H,19,20). The number of hydrogen-bond acceptors (Lipinski definition) is 3. The Labute approximate surface area is 118 Å². The van der Waals surface area contributed by atoms with Gasteiger partial charge in [0.05, 0.1) is 23.1 Å². The van der Waals surface area contributed by atoms with Crippen molar-refractivity contribution in [3.63, 3.8) is 0 Å². The van der Waals surface area contributed by atoms with Crippen LogP contribution in [0.4, 0.5) is 0 Å². The number of hydrogen-bond donors (Lipinski definition) is 1. The maximum atomic E-state index is 12.4. The highest BCUT2D eigenvalue weighted by Crippen LogP contribution is 2.20. The van der Waals surface area contributed by atoms with Gasteiger partial charge in [-0.2, -0.15) is 5.26 Å². The van der Waals surface area contributed by atoms with Crippen LogP contribution in [0.25, 0.3) is 0 Å². The third-order valence-electron chi connectivity index (χ3n) is 3.16. The Balaban J connectivity index is 3.26. The third-order valence-corrected chi connectivity index (χ3v) is 3.16. The smallest absolute Gasteiger partial charge is 0.336 e. The summed E-state index contributed by atoms with van der Waals surface area (Å²) in [6.45, 7) is 5.35. The number of nitrogens with zero attached hydrogens (tertiary/aromatic N) is 2. The minimum absolute atomic E-state index is 0.0338. The second kappa shape index (κ2) is 6.20. The maximum Gasteiger partial charge on any atom is 0.336 e. The summed E-state index contributed by atoms with van der Waals surface area (Å²) >= 11 is 0. The van der Waals surface area contributed by atoms with Crippen molar-refractivity contribution in [3.8, 4) is 6.07 Å². The van der Waals surface area contributed by atoms with Gasteiger partial charge in [-0.1, -0.05) is 12.1 Å². The van der Waals surface area contributed by atoms with Crippen molar-refractivity contribution in [1.82, 2.24) is 4.90 Å². The molecule has 1 amide bonds. The molecule has 5 heteroatoms. The van der Waals surface area contributed by atoms with E-state index in [1.54, 1.807) is 40.0 Å². The van der Waals surface area contributed by atoms with Crippen molar-refractivity contribution in [2.45, 2.75) is 20.8 Å². The highest BCUT2D eigenvalue weighted by atomic mass is 16.4. The number of carbonyl (C=O) groups is 2. The van der Waals surface area contributed by atoms with Crippen LogP contribution in [0.3, 0.4) is 0 Å². The lowest BCUT2D eigenvalue weighted by Crippen LogP contribution is -2.32. The number of carboxylic acids is 1. The first-order chi connectivity index (χ1) is 9.29. The van der Waals surface area contributed by atoms with E-state index in [4.69, 9.17) is 5.26 Å². The SMILES string of the molecule is Cc1ccc(C)c(C(=O)N(C)CC(C)C#N)c1C(=O)O. The molecule has 1 aromatic rings. The van der Waals surface area contributed by atoms with E-state index in [9.17, 15) is 14.7 Å². The van der Waals surface area contributed by atoms with Gasteiger partial charge in [0.15, 0.2) is 0 Å². The van der Waals surface area contributed by atoms with Crippen molar-refractivity contribution < 1.29 is 14.7 Å². The fourth-order valence-corrected chi connectivity index (χ4v) is 2.09. The Hall–Kier alpha value is -2.35. The van der Waals surface area contributed by atoms with Crippen molar-refractivity contribution in [3.05, 3.63) is 34.4 Å². The molecular weight excluding hydrogens is 256 g/mol. The molecule has 20 heavy (non-hydrogen) atoms. The van der Waals surface area contributed by atoms with Crippen LogP contribution in [-0.2, 0) is 0 Å². The molecule has 0 heterocycles. The van der Waals surface area contributed by atoms with Gasteiger partial charge in [0.25, 0.3) is 5.91 Å². The van der Waals surface area contributed by atoms with Crippen LogP contribution in [0, 0.1) is 31.1 Å². The minimum Gasteiger partial charge on any atom is -0.478 e. The maximum absolute atomic E-state index is 12.4. The predicted octanol–water partition coefficient (Wildman–Crippen LogP) is 2.23. The van der Waals surface area contributed by atoms with E-state index in [2.05, 4.69) is 6.07 Å². The summed E-state index contributed by atoms with van der Waals surface area (Å²) in [6, 6.07) is 5.48. The van der Waals surface area contributed by atoms with Crippen LogP contribution >= 0.6 is 0 Å². The molecule has 1 atom stereocenters. The summed E-state index contributed by atoms with van der Waals surface area (Å²) in [6.07, 6.45) is 0. The van der Waals surface area contributed by atoms with Crippen molar-refractivity contribution in [2.75, 3.05) is 13.6 Å². The van der Waals surface area contributed by atoms with Crippen molar-refractivity contribution in [2.24, 2.45) is 5.92 Å². The van der Waals surface area contributed by atoms with E-state index in [0.29, 0.717) is 11.1 Å². The lowest BCUT2D eigenvalue weighted by atomic mass is 9.96. The number of carboxylic acid groups (broad SMARTS) is 1. The number of rotatable bonds is 4. The van der Waals surface area contributed by atoms with Gasteiger partial charge in [-0.05, 0) is 31.9 Å². The first-order valence-corrected chi connectivity index (χ1v) is 6.28. The first kappa shape index (κ1) is 15.7. The molecular formula is C15H18N2O3. The number of carbonyl (C=O) groups excluding carboxylic acids is 1. The van der Waals surface area contributed by atoms with E-state index in [0.717, 1.165) is 0 Å². The Bertz CT molecular complexity index is 588. The van der Waals surface area contributed by atoms with Crippen LogP contribution in [0.2, 0.25) is 0 Å². The lowest BCUT2D eigenvalue weighted by molar-refractivity contribution is 0.0679. The molecule has 0 aliphatic rings. The highest BCUT2D eigenvalue weighted by molar-refractivity contribution is 6.06. The summed E-state index contributed by atoms with van der Waals surface area (Å²) in [5, 5.41) is 18.1. The molecule has 0 aromatic heterocycles. The molecule has 1 unspecified atom stereocenters. The average Bonchev–Trinajstić information content (AvgIpc) is 2.39. The summed E-state index contributed by atoms with van der Waals surface area (Å²) in [5.41, 5.74) is 1.40. The first-order valence-electron chi connectivity index (χ1n) is 6.28. The Morgan fingerprint density at radius 2 is 1.80 bits per heavy atom. The monoisotopic (exact) mass is 274 g/mol. The zero-order chi connectivity index (χ0) is 15.4. The Kier molecular flexibility index (Phi) is 4.87. The van der Waals surface area contributed by atoms with E-state index in [1.165, 1.54) is 4.90 Å². The van der Waals surface area contributed by atoms with E-state index in [1.807, 2.05) is 0 Å². The fraction of sp³-hybridized carbons (Fsp3) is 0.400. The van der Waals surface area contributed by atoms with E-state index in [-0.39, 0.29) is 29.5 Å². The number of nitriles is 1. The van der Waals surface area contributed by atoms with E-state index >= 15 is 0 Å². The normalized spacial score (nSPS) is 11.6. The Morgan fingerprint density at radius 3 is 2.25 bits per heavy atom. The van der Waals surface area contributed by atoms with Crippen LogP contribution in [0.1, 0.15) is 38.8 Å². The largest absolute Gasteiger partial charge is 0.478 e. The molecule has 0 bridgehead atoms. The van der Waals surface area contributed by atoms with Gasteiger partial charge < -0.3 is 10.0 Å². The van der Waals surface area contributed by atoms with Crippen LogP contribution in [0.15, 0.2) is 12.1 Å². The molecule has 0 fully saturated rings.